The van der Waals surface area contributed by atoms with Gasteiger partial charge in [-0.1, -0.05) is 20.8 Å². The molecule has 76 valence electrons. The van der Waals surface area contributed by atoms with Gasteiger partial charge in [-0.3, -0.25) is 5.01 Å². The molecule has 3 nitrogen and oxygen atoms in total. The molecule has 0 N–H and O–H groups in total. The van der Waals surface area contributed by atoms with E-state index in [1.54, 1.807) is 0 Å². The minimum atomic E-state index is 0.235. The summed E-state index contributed by atoms with van der Waals surface area (Å²) in [6.45, 7) is 10.4. The van der Waals surface area contributed by atoms with Crippen LogP contribution in [0.2, 0.25) is 0 Å². The number of hydrogen-bond acceptors (Lipinski definition) is 3. The summed E-state index contributed by atoms with van der Waals surface area (Å²) in [5, 5.41) is 6.31. The first-order valence-electron chi connectivity index (χ1n) is 4.87. The Kier molecular flexibility index (Phi) is 2.84. The third-order valence-corrected chi connectivity index (χ3v) is 2.35. The number of ether oxygens (including phenoxy) is 1. The van der Waals surface area contributed by atoms with E-state index in [2.05, 4.69) is 25.9 Å². The van der Waals surface area contributed by atoms with Crippen molar-refractivity contribution in [2.45, 2.75) is 27.7 Å². The second-order valence-corrected chi connectivity index (χ2v) is 4.63. The largest absolute Gasteiger partial charge is 0.480 e. The summed E-state index contributed by atoms with van der Waals surface area (Å²) in [5.74, 6) is 1.33. The second kappa shape index (κ2) is 3.56. The average molecular weight is 184 g/mol. The summed E-state index contributed by atoms with van der Waals surface area (Å²) >= 11 is 0. The van der Waals surface area contributed by atoms with E-state index >= 15 is 0 Å². The molecule has 1 heterocycles. The van der Waals surface area contributed by atoms with Crippen molar-refractivity contribution in [3.05, 3.63) is 0 Å². The Hall–Kier alpha value is -0.730. The van der Waals surface area contributed by atoms with E-state index in [1.165, 1.54) is 0 Å². The van der Waals surface area contributed by atoms with Gasteiger partial charge in [-0.15, -0.1) is 5.10 Å². The van der Waals surface area contributed by atoms with E-state index in [1.807, 2.05) is 19.0 Å². The van der Waals surface area contributed by atoms with Crippen molar-refractivity contribution in [2.75, 3.05) is 20.2 Å². The van der Waals surface area contributed by atoms with E-state index in [0.29, 0.717) is 12.5 Å². The maximum Gasteiger partial charge on any atom is 0.211 e. The summed E-state index contributed by atoms with van der Waals surface area (Å²) in [6.07, 6.45) is 0. The molecule has 0 bridgehead atoms. The minimum absolute atomic E-state index is 0.235. The molecule has 0 aliphatic carbocycles. The van der Waals surface area contributed by atoms with E-state index in [0.717, 1.165) is 12.4 Å². The van der Waals surface area contributed by atoms with Crippen molar-refractivity contribution in [3.63, 3.8) is 0 Å². The van der Waals surface area contributed by atoms with Crippen LogP contribution in [0.25, 0.3) is 0 Å². The summed E-state index contributed by atoms with van der Waals surface area (Å²) in [7, 11) is 1.99. The van der Waals surface area contributed by atoms with Crippen LogP contribution in [0.3, 0.4) is 0 Å². The highest BCUT2D eigenvalue weighted by Crippen LogP contribution is 2.31. The molecule has 0 fully saturated rings. The molecule has 1 aliphatic heterocycles. The molecule has 0 aromatic rings. The molecule has 0 aromatic carbocycles. The SMILES string of the molecule is CCOC1=NN(C)CC1C(C)(C)C. The van der Waals surface area contributed by atoms with Crippen molar-refractivity contribution < 1.29 is 4.74 Å². The van der Waals surface area contributed by atoms with Crippen LogP contribution in [0.1, 0.15) is 27.7 Å². The Morgan fingerprint density at radius 1 is 1.54 bits per heavy atom. The average Bonchev–Trinajstić information content (AvgIpc) is 2.30. The van der Waals surface area contributed by atoms with Gasteiger partial charge in [0.2, 0.25) is 5.90 Å². The molecular formula is C10H20N2O. The van der Waals surface area contributed by atoms with Gasteiger partial charge in [-0.2, -0.15) is 0 Å². The molecular weight excluding hydrogens is 164 g/mol. The van der Waals surface area contributed by atoms with E-state index in [9.17, 15) is 0 Å². The lowest BCUT2D eigenvalue weighted by atomic mass is 9.81. The third kappa shape index (κ3) is 2.36. The van der Waals surface area contributed by atoms with Crippen LogP contribution in [0.5, 0.6) is 0 Å². The molecule has 1 unspecified atom stereocenters. The Balaban J connectivity index is 2.72. The highest BCUT2D eigenvalue weighted by molar-refractivity contribution is 5.80. The fourth-order valence-corrected chi connectivity index (χ4v) is 1.54. The zero-order chi connectivity index (χ0) is 10.1. The standard InChI is InChI=1S/C10H20N2O/c1-6-13-9-8(10(2,3)4)7-12(5)11-9/h8H,6-7H2,1-5H3. The van der Waals surface area contributed by atoms with E-state index < -0.39 is 0 Å². The van der Waals surface area contributed by atoms with E-state index in [4.69, 9.17) is 4.74 Å². The van der Waals surface area contributed by atoms with Gasteiger partial charge in [-0.05, 0) is 12.3 Å². The molecule has 1 rings (SSSR count). The molecule has 0 saturated heterocycles. The topological polar surface area (TPSA) is 24.8 Å². The molecule has 13 heavy (non-hydrogen) atoms. The lowest BCUT2D eigenvalue weighted by molar-refractivity contribution is 0.227. The number of hydrazone groups is 1. The zero-order valence-electron chi connectivity index (χ0n) is 9.29. The first-order valence-corrected chi connectivity index (χ1v) is 4.87. The highest BCUT2D eigenvalue weighted by atomic mass is 16.5. The van der Waals surface area contributed by atoms with Crippen molar-refractivity contribution in [1.29, 1.82) is 0 Å². The fraction of sp³-hybridized carbons (Fsp3) is 0.900. The van der Waals surface area contributed by atoms with Crippen LogP contribution in [-0.2, 0) is 4.74 Å². The van der Waals surface area contributed by atoms with Gasteiger partial charge >= 0.3 is 0 Å². The Morgan fingerprint density at radius 3 is 2.62 bits per heavy atom. The van der Waals surface area contributed by atoms with Gasteiger partial charge in [0.05, 0.1) is 12.5 Å². The predicted molar refractivity (Wildman–Crippen MR) is 54.6 cm³/mol. The zero-order valence-corrected chi connectivity index (χ0v) is 9.29. The van der Waals surface area contributed by atoms with Gasteiger partial charge in [0.15, 0.2) is 0 Å². The van der Waals surface area contributed by atoms with Crippen LogP contribution in [-0.4, -0.2) is 31.1 Å². The van der Waals surface area contributed by atoms with Crippen LogP contribution in [0, 0.1) is 11.3 Å². The molecule has 1 aliphatic rings. The molecule has 0 spiro atoms. The fourth-order valence-electron chi connectivity index (χ4n) is 1.54. The summed E-state index contributed by atoms with van der Waals surface area (Å²) in [4.78, 5) is 0. The van der Waals surface area contributed by atoms with Crippen LogP contribution in [0.4, 0.5) is 0 Å². The van der Waals surface area contributed by atoms with Gasteiger partial charge in [0.1, 0.15) is 0 Å². The molecule has 0 saturated carbocycles. The highest BCUT2D eigenvalue weighted by Gasteiger charge is 2.35. The van der Waals surface area contributed by atoms with Gasteiger partial charge in [0, 0.05) is 13.6 Å². The molecule has 3 heteroatoms. The van der Waals surface area contributed by atoms with Crippen LogP contribution in [0.15, 0.2) is 5.10 Å². The summed E-state index contributed by atoms with van der Waals surface area (Å²) < 4.78 is 5.52. The number of nitrogens with zero attached hydrogens (tertiary/aromatic N) is 2. The quantitative estimate of drug-likeness (QED) is 0.622. The lowest BCUT2D eigenvalue weighted by Gasteiger charge is -2.27. The van der Waals surface area contributed by atoms with Gasteiger partial charge in [-0.25, -0.2) is 0 Å². The van der Waals surface area contributed by atoms with Crippen LogP contribution < -0.4 is 0 Å². The maximum absolute atomic E-state index is 5.52. The van der Waals surface area contributed by atoms with Crippen LogP contribution >= 0.6 is 0 Å². The number of hydrogen-bond donors (Lipinski definition) is 0. The monoisotopic (exact) mass is 184 g/mol. The number of rotatable bonds is 1. The van der Waals surface area contributed by atoms with Crippen molar-refractivity contribution >= 4 is 5.90 Å². The maximum atomic E-state index is 5.52. The Labute approximate surface area is 80.8 Å². The van der Waals surface area contributed by atoms with Gasteiger partial charge < -0.3 is 4.74 Å². The van der Waals surface area contributed by atoms with Crippen molar-refractivity contribution in [1.82, 2.24) is 5.01 Å². The van der Waals surface area contributed by atoms with E-state index in [-0.39, 0.29) is 5.41 Å². The predicted octanol–water partition coefficient (Wildman–Crippen LogP) is 1.94. The van der Waals surface area contributed by atoms with Gasteiger partial charge in [0.25, 0.3) is 0 Å². The second-order valence-electron chi connectivity index (χ2n) is 4.63. The summed E-state index contributed by atoms with van der Waals surface area (Å²) in [5.41, 5.74) is 0.235. The lowest BCUT2D eigenvalue weighted by Crippen LogP contribution is -2.31. The molecule has 0 amide bonds. The minimum Gasteiger partial charge on any atom is -0.480 e. The van der Waals surface area contributed by atoms with Crippen molar-refractivity contribution in [2.24, 2.45) is 16.4 Å². The first-order chi connectivity index (χ1) is 5.95. The molecule has 1 atom stereocenters. The summed E-state index contributed by atoms with van der Waals surface area (Å²) in [6, 6.07) is 0. The Morgan fingerprint density at radius 2 is 2.15 bits per heavy atom. The first kappa shape index (κ1) is 10.4. The Bertz CT molecular complexity index is 205. The molecule has 0 radical (unpaired) electrons. The molecule has 0 aromatic heterocycles. The third-order valence-electron chi connectivity index (χ3n) is 2.35. The van der Waals surface area contributed by atoms with Crippen molar-refractivity contribution in [3.8, 4) is 0 Å². The normalized spacial score (nSPS) is 23.3. The smallest absolute Gasteiger partial charge is 0.211 e.